The smallest absolute Gasteiger partial charge is 0.0992 e. The van der Waals surface area contributed by atoms with Crippen molar-refractivity contribution in [1.82, 2.24) is 4.90 Å². The van der Waals surface area contributed by atoms with Gasteiger partial charge in [0.15, 0.2) is 0 Å². The molecule has 1 saturated carbocycles. The molecular formula is C11H20N2. The first-order valence-electron chi connectivity index (χ1n) is 5.46. The fourth-order valence-electron chi connectivity index (χ4n) is 2.31. The van der Waals surface area contributed by atoms with Crippen LogP contribution in [0.1, 0.15) is 33.6 Å². The minimum absolute atomic E-state index is 0.586. The number of nitrogens with one attached hydrogen (secondary N) is 1. The fraction of sp³-hybridized carbons (Fsp3) is 0.909. The highest BCUT2D eigenvalue weighted by Crippen LogP contribution is 2.36. The Bertz CT molecular complexity index is 220. The van der Waals surface area contributed by atoms with Crippen LogP contribution < -0.4 is 0 Å². The van der Waals surface area contributed by atoms with Crippen LogP contribution >= 0.6 is 0 Å². The van der Waals surface area contributed by atoms with Gasteiger partial charge in [-0.3, -0.25) is 5.41 Å². The van der Waals surface area contributed by atoms with E-state index in [9.17, 15) is 0 Å². The zero-order valence-electron chi connectivity index (χ0n) is 8.88. The van der Waals surface area contributed by atoms with Crippen LogP contribution in [-0.2, 0) is 0 Å². The van der Waals surface area contributed by atoms with Crippen molar-refractivity contribution >= 4 is 5.84 Å². The van der Waals surface area contributed by atoms with Gasteiger partial charge in [-0.25, -0.2) is 0 Å². The molecule has 1 heterocycles. The molecule has 3 atom stereocenters. The molecule has 0 spiro atoms. The maximum Gasteiger partial charge on any atom is 0.0992 e. The summed E-state index contributed by atoms with van der Waals surface area (Å²) in [5.41, 5.74) is 0. The normalized spacial score (nSPS) is 39.6. The summed E-state index contributed by atoms with van der Waals surface area (Å²) >= 11 is 0. The quantitative estimate of drug-likeness (QED) is 0.486. The Balaban J connectivity index is 2.03. The highest BCUT2D eigenvalue weighted by Gasteiger charge is 2.39. The molecule has 0 radical (unpaired) electrons. The summed E-state index contributed by atoms with van der Waals surface area (Å²) in [6.07, 6.45) is 2.51. The second-order valence-electron chi connectivity index (χ2n) is 4.89. The largest absolute Gasteiger partial charge is 0.357 e. The van der Waals surface area contributed by atoms with E-state index in [-0.39, 0.29) is 0 Å². The second kappa shape index (κ2) is 3.00. The van der Waals surface area contributed by atoms with Gasteiger partial charge < -0.3 is 4.90 Å². The first-order chi connectivity index (χ1) is 6.11. The van der Waals surface area contributed by atoms with Gasteiger partial charge in [0.1, 0.15) is 0 Å². The Morgan fingerprint density at radius 2 is 1.85 bits per heavy atom. The standard InChI is InChI=1S/C11H20N2/c1-7-6-13(9(3)8(7)2)11(12)10-4-5-10/h7-10,12H,4-6H2,1-3H3. The Hall–Kier alpha value is -0.530. The number of hydrogen-bond acceptors (Lipinski definition) is 1. The van der Waals surface area contributed by atoms with Crippen molar-refractivity contribution in [1.29, 1.82) is 5.41 Å². The third kappa shape index (κ3) is 1.47. The third-order valence-electron chi connectivity index (χ3n) is 3.91. The molecule has 2 heteroatoms. The molecule has 3 unspecified atom stereocenters. The third-order valence-corrected chi connectivity index (χ3v) is 3.91. The van der Waals surface area contributed by atoms with E-state index in [4.69, 9.17) is 5.41 Å². The van der Waals surface area contributed by atoms with Crippen LogP contribution in [0.3, 0.4) is 0 Å². The summed E-state index contributed by atoms with van der Waals surface area (Å²) in [6.45, 7) is 8.00. The average molecular weight is 180 g/mol. The van der Waals surface area contributed by atoms with E-state index < -0.39 is 0 Å². The van der Waals surface area contributed by atoms with Crippen molar-refractivity contribution in [3.8, 4) is 0 Å². The Kier molecular flexibility index (Phi) is 2.09. The Morgan fingerprint density at radius 3 is 2.23 bits per heavy atom. The molecule has 0 aromatic rings. The van der Waals surface area contributed by atoms with Crippen LogP contribution in [-0.4, -0.2) is 23.3 Å². The van der Waals surface area contributed by atoms with Crippen LogP contribution in [0.15, 0.2) is 0 Å². The summed E-state index contributed by atoms with van der Waals surface area (Å²) in [5, 5.41) is 8.04. The highest BCUT2D eigenvalue weighted by molar-refractivity contribution is 5.84. The van der Waals surface area contributed by atoms with Crippen LogP contribution in [0, 0.1) is 23.2 Å². The molecule has 1 N–H and O–H groups in total. The molecule has 74 valence electrons. The highest BCUT2D eigenvalue weighted by atomic mass is 15.2. The second-order valence-corrected chi connectivity index (χ2v) is 4.89. The van der Waals surface area contributed by atoms with Gasteiger partial charge in [-0.15, -0.1) is 0 Å². The topological polar surface area (TPSA) is 27.1 Å². The van der Waals surface area contributed by atoms with Crippen molar-refractivity contribution in [2.45, 2.75) is 39.7 Å². The maximum absolute atomic E-state index is 8.04. The lowest BCUT2D eigenvalue weighted by molar-refractivity contribution is 0.356. The molecule has 13 heavy (non-hydrogen) atoms. The number of amidine groups is 1. The molecule has 2 fully saturated rings. The minimum Gasteiger partial charge on any atom is -0.357 e. The summed E-state index contributed by atoms with van der Waals surface area (Å²) in [4.78, 5) is 2.33. The first kappa shape index (κ1) is 9.04. The van der Waals surface area contributed by atoms with Crippen molar-refractivity contribution in [2.24, 2.45) is 17.8 Å². The SMILES string of the molecule is CC1CN(C(=N)C2CC2)C(C)C1C. The van der Waals surface area contributed by atoms with Gasteiger partial charge in [0.05, 0.1) is 5.84 Å². The summed E-state index contributed by atoms with van der Waals surface area (Å²) in [5.74, 6) is 3.04. The molecule has 0 aromatic heterocycles. The van der Waals surface area contributed by atoms with Gasteiger partial charge in [0, 0.05) is 18.5 Å². The molecule has 1 aliphatic carbocycles. The molecule has 0 amide bonds. The predicted octanol–water partition coefficient (Wildman–Crippen LogP) is 2.35. The number of rotatable bonds is 1. The van der Waals surface area contributed by atoms with Gasteiger partial charge >= 0.3 is 0 Å². The molecule has 2 nitrogen and oxygen atoms in total. The van der Waals surface area contributed by atoms with Gasteiger partial charge in [0.25, 0.3) is 0 Å². The van der Waals surface area contributed by atoms with E-state index in [0.29, 0.717) is 12.0 Å². The molecule has 2 rings (SSSR count). The maximum atomic E-state index is 8.04. The zero-order valence-corrected chi connectivity index (χ0v) is 8.88. The van der Waals surface area contributed by atoms with E-state index in [1.54, 1.807) is 0 Å². The van der Waals surface area contributed by atoms with Crippen LogP contribution in [0.4, 0.5) is 0 Å². The van der Waals surface area contributed by atoms with Crippen LogP contribution in [0.2, 0.25) is 0 Å². The molecule has 1 aliphatic heterocycles. The monoisotopic (exact) mass is 180 g/mol. The van der Waals surface area contributed by atoms with Crippen molar-refractivity contribution in [3.63, 3.8) is 0 Å². The molecule has 0 bridgehead atoms. The van der Waals surface area contributed by atoms with Crippen LogP contribution in [0.25, 0.3) is 0 Å². The average Bonchev–Trinajstić information content (AvgIpc) is 2.89. The van der Waals surface area contributed by atoms with E-state index in [1.165, 1.54) is 12.8 Å². The molecular weight excluding hydrogens is 160 g/mol. The summed E-state index contributed by atoms with van der Waals surface area (Å²) < 4.78 is 0. The number of hydrogen-bond donors (Lipinski definition) is 1. The fourth-order valence-corrected chi connectivity index (χ4v) is 2.31. The molecule has 0 aromatic carbocycles. The summed E-state index contributed by atoms with van der Waals surface area (Å²) in [7, 11) is 0. The van der Waals surface area contributed by atoms with Crippen molar-refractivity contribution in [3.05, 3.63) is 0 Å². The van der Waals surface area contributed by atoms with E-state index in [0.717, 1.165) is 24.2 Å². The van der Waals surface area contributed by atoms with E-state index >= 15 is 0 Å². The molecule has 2 aliphatic rings. The minimum atomic E-state index is 0.586. The summed E-state index contributed by atoms with van der Waals surface area (Å²) in [6, 6.07) is 0.586. The lowest BCUT2D eigenvalue weighted by Gasteiger charge is -2.25. The van der Waals surface area contributed by atoms with Gasteiger partial charge in [0.2, 0.25) is 0 Å². The van der Waals surface area contributed by atoms with Crippen LogP contribution in [0.5, 0.6) is 0 Å². The predicted molar refractivity (Wildman–Crippen MR) is 54.9 cm³/mol. The van der Waals surface area contributed by atoms with Crippen molar-refractivity contribution in [2.75, 3.05) is 6.54 Å². The zero-order chi connectivity index (χ0) is 9.59. The van der Waals surface area contributed by atoms with Gasteiger partial charge in [-0.05, 0) is 31.6 Å². The molecule has 1 saturated heterocycles. The Morgan fingerprint density at radius 1 is 1.23 bits per heavy atom. The Labute approximate surface area is 80.8 Å². The lowest BCUT2D eigenvalue weighted by atomic mass is 9.95. The first-order valence-corrected chi connectivity index (χ1v) is 5.46. The van der Waals surface area contributed by atoms with Gasteiger partial charge in [-0.2, -0.15) is 0 Å². The van der Waals surface area contributed by atoms with E-state index in [2.05, 4.69) is 25.7 Å². The lowest BCUT2D eigenvalue weighted by Crippen LogP contribution is -2.35. The van der Waals surface area contributed by atoms with E-state index in [1.807, 2.05) is 0 Å². The van der Waals surface area contributed by atoms with Crippen molar-refractivity contribution < 1.29 is 0 Å². The number of likely N-dealkylation sites (tertiary alicyclic amines) is 1. The van der Waals surface area contributed by atoms with Gasteiger partial charge in [-0.1, -0.05) is 13.8 Å². The number of nitrogens with zero attached hydrogens (tertiary/aromatic N) is 1.